The number of hydrogen-bond donors (Lipinski definition) is 0. The van der Waals surface area contributed by atoms with Crippen molar-refractivity contribution in [2.24, 2.45) is 7.05 Å². The molecule has 1 unspecified atom stereocenters. The summed E-state index contributed by atoms with van der Waals surface area (Å²) in [6.45, 7) is 4.48. The number of amides is 1. The lowest BCUT2D eigenvalue weighted by molar-refractivity contribution is 0.0733. The molecule has 1 aliphatic rings. The van der Waals surface area contributed by atoms with Crippen LogP contribution in [0, 0.1) is 13.8 Å². The molecular weight excluding hydrogens is 290 g/mol. The van der Waals surface area contributed by atoms with Gasteiger partial charge in [0.25, 0.3) is 5.91 Å². The van der Waals surface area contributed by atoms with Crippen LogP contribution in [-0.2, 0) is 7.05 Å². The monoisotopic (exact) mass is 307 g/mol. The van der Waals surface area contributed by atoms with Crippen LogP contribution >= 0.6 is 11.6 Å². The van der Waals surface area contributed by atoms with Crippen LogP contribution in [0.25, 0.3) is 0 Å². The van der Waals surface area contributed by atoms with E-state index >= 15 is 0 Å². The SMILES string of the molecule is Cc1nn(C)c(Cl)c1C1CCCN1C(=O)c1ccoc1C. The van der Waals surface area contributed by atoms with Crippen molar-refractivity contribution in [3.05, 3.63) is 40.1 Å². The predicted octanol–water partition coefficient (Wildman–Crippen LogP) is 3.26. The van der Waals surface area contributed by atoms with E-state index in [2.05, 4.69) is 5.10 Å². The summed E-state index contributed by atoms with van der Waals surface area (Å²) in [6, 6.07) is 1.72. The lowest BCUT2D eigenvalue weighted by Gasteiger charge is -2.24. The first-order valence-corrected chi connectivity index (χ1v) is 7.42. The Morgan fingerprint density at radius 3 is 2.81 bits per heavy atom. The fraction of sp³-hybridized carbons (Fsp3) is 0.467. The summed E-state index contributed by atoms with van der Waals surface area (Å²) < 4.78 is 6.91. The van der Waals surface area contributed by atoms with Crippen LogP contribution < -0.4 is 0 Å². The number of nitrogens with zero attached hydrogens (tertiary/aromatic N) is 3. The van der Waals surface area contributed by atoms with Crippen LogP contribution in [0.5, 0.6) is 0 Å². The topological polar surface area (TPSA) is 51.3 Å². The van der Waals surface area contributed by atoms with Crippen LogP contribution in [0.15, 0.2) is 16.7 Å². The Balaban J connectivity index is 1.96. The largest absolute Gasteiger partial charge is 0.469 e. The van der Waals surface area contributed by atoms with E-state index in [0.717, 1.165) is 30.6 Å². The number of aryl methyl sites for hydroxylation is 3. The Morgan fingerprint density at radius 1 is 1.48 bits per heavy atom. The number of rotatable bonds is 2. The van der Waals surface area contributed by atoms with Crippen molar-refractivity contribution in [2.45, 2.75) is 32.7 Å². The highest BCUT2D eigenvalue weighted by atomic mass is 35.5. The first kappa shape index (κ1) is 14.2. The van der Waals surface area contributed by atoms with Crippen molar-refractivity contribution in [2.75, 3.05) is 6.54 Å². The van der Waals surface area contributed by atoms with E-state index in [4.69, 9.17) is 16.0 Å². The second kappa shape index (κ2) is 5.22. The molecule has 6 heteroatoms. The molecule has 3 heterocycles. The smallest absolute Gasteiger partial charge is 0.257 e. The molecule has 1 saturated heterocycles. The van der Waals surface area contributed by atoms with Gasteiger partial charge >= 0.3 is 0 Å². The molecule has 0 saturated carbocycles. The zero-order valence-corrected chi connectivity index (χ0v) is 13.1. The van der Waals surface area contributed by atoms with Gasteiger partial charge in [-0.05, 0) is 32.8 Å². The molecule has 112 valence electrons. The number of carbonyl (C=O) groups excluding carboxylic acids is 1. The van der Waals surface area contributed by atoms with Gasteiger partial charge in [-0.25, -0.2) is 0 Å². The minimum absolute atomic E-state index is 0.00284. The zero-order valence-electron chi connectivity index (χ0n) is 12.4. The van der Waals surface area contributed by atoms with Gasteiger partial charge in [0, 0.05) is 19.2 Å². The normalized spacial score (nSPS) is 18.5. The van der Waals surface area contributed by atoms with Crippen LogP contribution in [0.3, 0.4) is 0 Å². The maximum Gasteiger partial charge on any atom is 0.257 e. The Kier molecular flexibility index (Phi) is 3.53. The summed E-state index contributed by atoms with van der Waals surface area (Å²) in [7, 11) is 1.82. The molecule has 1 fully saturated rings. The summed E-state index contributed by atoms with van der Waals surface area (Å²) in [5.74, 6) is 0.655. The maximum absolute atomic E-state index is 12.7. The molecule has 21 heavy (non-hydrogen) atoms. The first-order valence-electron chi connectivity index (χ1n) is 7.04. The summed E-state index contributed by atoms with van der Waals surface area (Å²) in [6.07, 6.45) is 3.43. The molecular formula is C15H18ClN3O2. The lowest BCUT2D eigenvalue weighted by Crippen LogP contribution is -2.31. The van der Waals surface area contributed by atoms with Crippen LogP contribution in [-0.4, -0.2) is 27.1 Å². The number of likely N-dealkylation sites (tertiary alicyclic amines) is 1. The Morgan fingerprint density at radius 2 is 2.24 bits per heavy atom. The van der Waals surface area contributed by atoms with Gasteiger partial charge in [0.2, 0.25) is 0 Å². The van der Waals surface area contributed by atoms with Gasteiger partial charge in [0.1, 0.15) is 10.9 Å². The molecule has 0 aliphatic carbocycles. The second-order valence-corrected chi connectivity index (χ2v) is 5.82. The van der Waals surface area contributed by atoms with E-state index in [9.17, 15) is 4.79 Å². The standard InChI is InChI=1S/C15H18ClN3O2/c1-9-13(14(16)18(3)17-9)12-5-4-7-19(12)15(20)11-6-8-21-10(11)2/h6,8,12H,4-5,7H2,1-3H3. The third kappa shape index (κ3) is 2.25. The molecule has 1 amide bonds. The first-order chi connectivity index (χ1) is 10.0. The number of hydrogen-bond acceptors (Lipinski definition) is 3. The summed E-state index contributed by atoms with van der Waals surface area (Å²) in [4.78, 5) is 14.6. The highest BCUT2D eigenvalue weighted by Crippen LogP contribution is 2.38. The van der Waals surface area contributed by atoms with Crippen LogP contribution in [0.2, 0.25) is 5.15 Å². The molecule has 5 nitrogen and oxygen atoms in total. The van der Waals surface area contributed by atoms with E-state index in [1.807, 2.05) is 18.9 Å². The van der Waals surface area contributed by atoms with E-state index < -0.39 is 0 Å². The third-order valence-corrected chi connectivity index (χ3v) is 4.58. The van der Waals surface area contributed by atoms with Crippen molar-refractivity contribution in [3.63, 3.8) is 0 Å². The van der Waals surface area contributed by atoms with Gasteiger partial charge in [0.05, 0.1) is 23.6 Å². The van der Waals surface area contributed by atoms with Crippen LogP contribution in [0.1, 0.15) is 46.3 Å². The van der Waals surface area contributed by atoms with E-state index in [1.54, 1.807) is 23.9 Å². The number of aromatic nitrogens is 2. The molecule has 2 aromatic rings. The minimum atomic E-state index is -0.00648. The third-order valence-electron chi connectivity index (χ3n) is 4.13. The Hall–Kier alpha value is -1.75. The van der Waals surface area contributed by atoms with Crippen molar-refractivity contribution in [1.29, 1.82) is 0 Å². The second-order valence-electron chi connectivity index (χ2n) is 5.46. The summed E-state index contributed by atoms with van der Waals surface area (Å²) >= 11 is 6.36. The molecule has 0 N–H and O–H groups in total. The molecule has 0 bridgehead atoms. The van der Waals surface area contributed by atoms with Crippen molar-refractivity contribution in [1.82, 2.24) is 14.7 Å². The van der Waals surface area contributed by atoms with Gasteiger partial charge in [0.15, 0.2) is 0 Å². The van der Waals surface area contributed by atoms with Gasteiger partial charge in [-0.2, -0.15) is 5.10 Å². The highest BCUT2D eigenvalue weighted by molar-refractivity contribution is 6.30. The van der Waals surface area contributed by atoms with Gasteiger partial charge < -0.3 is 9.32 Å². The quantitative estimate of drug-likeness (QED) is 0.855. The Labute approximate surface area is 128 Å². The number of carbonyl (C=O) groups is 1. The summed E-state index contributed by atoms with van der Waals surface area (Å²) in [5, 5.41) is 4.97. The van der Waals surface area contributed by atoms with Crippen molar-refractivity contribution < 1.29 is 9.21 Å². The molecule has 3 rings (SSSR count). The predicted molar refractivity (Wildman–Crippen MR) is 79.4 cm³/mol. The molecule has 1 atom stereocenters. The van der Waals surface area contributed by atoms with Crippen molar-refractivity contribution >= 4 is 17.5 Å². The Bertz CT molecular complexity index is 689. The fourth-order valence-electron chi connectivity index (χ4n) is 3.10. The maximum atomic E-state index is 12.7. The van der Waals surface area contributed by atoms with E-state index in [0.29, 0.717) is 16.5 Å². The average Bonchev–Trinajstić information content (AvgIpc) is 3.11. The number of halogens is 1. The zero-order chi connectivity index (χ0) is 15.1. The minimum Gasteiger partial charge on any atom is -0.469 e. The van der Waals surface area contributed by atoms with E-state index in [1.165, 1.54) is 0 Å². The fourth-order valence-corrected chi connectivity index (χ4v) is 3.40. The number of furan rings is 1. The van der Waals surface area contributed by atoms with Gasteiger partial charge in [-0.3, -0.25) is 9.48 Å². The van der Waals surface area contributed by atoms with Crippen LogP contribution in [0.4, 0.5) is 0 Å². The molecule has 0 aromatic carbocycles. The van der Waals surface area contributed by atoms with Gasteiger partial charge in [-0.1, -0.05) is 11.6 Å². The van der Waals surface area contributed by atoms with Gasteiger partial charge in [-0.15, -0.1) is 0 Å². The summed E-state index contributed by atoms with van der Waals surface area (Å²) in [5.41, 5.74) is 2.47. The highest BCUT2D eigenvalue weighted by Gasteiger charge is 2.35. The molecule has 0 spiro atoms. The molecule has 1 aliphatic heterocycles. The average molecular weight is 308 g/mol. The lowest BCUT2D eigenvalue weighted by atomic mass is 10.1. The van der Waals surface area contributed by atoms with Crippen molar-refractivity contribution in [3.8, 4) is 0 Å². The van der Waals surface area contributed by atoms with E-state index in [-0.39, 0.29) is 11.9 Å². The molecule has 2 aromatic heterocycles. The molecule has 0 radical (unpaired) electrons.